The van der Waals surface area contributed by atoms with E-state index < -0.39 is 10.0 Å². The lowest BCUT2D eigenvalue weighted by Gasteiger charge is -2.15. The zero-order valence-corrected chi connectivity index (χ0v) is 15.5. The number of carbonyl (C=O) groups excluding carboxylic acids is 1. The molecule has 2 aromatic rings. The Kier molecular flexibility index (Phi) is 5.34. The molecule has 1 aliphatic rings. The number of sulfonamides is 1. The van der Waals surface area contributed by atoms with Crippen LogP contribution in [0.2, 0.25) is 10.0 Å². The summed E-state index contributed by atoms with van der Waals surface area (Å²) in [5, 5.41) is 3.44. The predicted octanol–water partition coefficient (Wildman–Crippen LogP) is 4.03. The zero-order chi connectivity index (χ0) is 18.0. The fourth-order valence-electron chi connectivity index (χ4n) is 2.63. The van der Waals surface area contributed by atoms with Crippen molar-refractivity contribution in [3.63, 3.8) is 0 Å². The second kappa shape index (κ2) is 7.33. The quantitative estimate of drug-likeness (QED) is 0.844. The van der Waals surface area contributed by atoms with E-state index in [2.05, 4.69) is 5.32 Å². The van der Waals surface area contributed by atoms with E-state index in [0.717, 1.165) is 12.8 Å². The first-order valence-corrected chi connectivity index (χ1v) is 9.94. The van der Waals surface area contributed by atoms with Crippen LogP contribution in [0.5, 0.6) is 0 Å². The van der Waals surface area contributed by atoms with Gasteiger partial charge in [-0.25, -0.2) is 8.42 Å². The molecule has 0 bridgehead atoms. The van der Waals surface area contributed by atoms with Gasteiger partial charge >= 0.3 is 0 Å². The largest absolute Gasteiger partial charge is 0.322 e. The summed E-state index contributed by atoms with van der Waals surface area (Å²) in [6.45, 7) is 1.09. The van der Waals surface area contributed by atoms with Crippen molar-refractivity contribution in [2.24, 2.45) is 0 Å². The van der Waals surface area contributed by atoms with Crippen molar-refractivity contribution < 1.29 is 13.2 Å². The number of anilines is 1. The number of amides is 1. The minimum absolute atomic E-state index is 0.195. The van der Waals surface area contributed by atoms with Crippen LogP contribution >= 0.6 is 23.2 Å². The number of rotatable bonds is 4. The summed E-state index contributed by atoms with van der Waals surface area (Å²) in [6.07, 6.45) is 1.76. The number of hydrogen-bond acceptors (Lipinski definition) is 3. The normalized spacial score (nSPS) is 15.3. The molecule has 1 fully saturated rings. The Morgan fingerprint density at radius 1 is 0.960 bits per heavy atom. The molecule has 0 aromatic heterocycles. The van der Waals surface area contributed by atoms with Gasteiger partial charge in [0.05, 0.1) is 14.9 Å². The van der Waals surface area contributed by atoms with Gasteiger partial charge in [-0.05, 0) is 55.3 Å². The van der Waals surface area contributed by atoms with E-state index in [9.17, 15) is 13.2 Å². The molecule has 0 unspecified atom stereocenters. The molecule has 0 atom stereocenters. The summed E-state index contributed by atoms with van der Waals surface area (Å²) in [7, 11) is -3.48. The molecule has 1 amide bonds. The van der Waals surface area contributed by atoms with Gasteiger partial charge in [-0.3, -0.25) is 4.79 Å². The SMILES string of the molecule is O=C(Nc1ccc(Cl)c(Cl)c1)c1ccc(S(=O)(=O)N2CCCC2)cc1. The fourth-order valence-corrected chi connectivity index (χ4v) is 4.45. The van der Waals surface area contributed by atoms with Crippen LogP contribution in [-0.4, -0.2) is 31.7 Å². The molecular formula is C17H16Cl2N2O3S. The van der Waals surface area contributed by atoms with Gasteiger partial charge in [-0.1, -0.05) is 23.2 Å². The minimum atomic E-state index is -3.48. The monoisotopic (exact) mass is 398 g/mol. The van der Waals surface area contributed by atoms with Crippen molar-refractivity contribution in [2.45, 2.75) is 17.7 Å². The summed E-state index contributed by atoms with van der Waals surface area (Å²) < 4.78 is 26.4. The Labute approximate surface area is 156 Å². The third-order valence-electron chi connectivity index (χ3n) is 4.00. The van der Waals surface area contributed by atoms with Gasteiger partial charge in [0, 0.05) is 24.3 Å². The van der Waals surface area contributed by atoms with Crippen molar-refractivity contribution in [2.75, 3.05) is 18.4 Å². The van der Waals surface area contributed by atoms with Gasteiger partial charge in [0.2, 0.25) is 10.0 Å². The standard InChI is InChI=1S/C17H16Cl2N2O3S/c18-15-8-5-13(11-16(15)19)20-17(22)12-3-6-14(7-4-12)25(23,24)21-9-1-2-10-21/h3-8,11H,1-2,9-10H2,(H,20,22). The van der Waals surface area contributed by atoms with Crippen LogP contribution in [0.1, 0.15) is 23.2 Å². The van der Waals surface area contributed by atoms with Crippen LogP contribution in [-0.2, 0) is 10.0 Å². The average Bonchev–Trinajstić information content (AvgIpc) is 3.14. The van der Waals surface area contributed by atoms with Crippen LogP contribution in [0.3, 0.4) is 0 Å². The van der Waals surface area contributed by atoms with Crippen molar-refractivity contribution in [3.05, 3.63) is 58.1 Å². The molecule has 0 saturated carbocycles. The highest BCUT2D eigenvalue weighted by atomic mass is 35.5. The third kappa shape index (κ3) is 3.98. The maximum atomic E-state index is 12.5. The summed E-state index contributed by atoms with van der Waals surface area (Å²) in [5.74, 6) is -0.358. The summed E-state index contributed by atoms with van der Waals surface area (Å²) in [4.78, 5) is 12.5. The van der Waals surface area contributed by atoms with Crippen LogP contribution in [0.4, 0.5) is 5.69 Å². The zero-order valence-electron chi connectivity index (χ0n) is 13.2. The lowest BCUT2D eigenvalue weighted by molar-refractivity contribution is 0.102. The number of carbonyl (C=O) groups is 1. The molecule has 25 heavy (non-hydrogen) atoms. The Hall–Kier alpha value is -1.60. The number of hydrogen-bond donors (Lipinski definition) is 1. The molecule has 1 aliphatic heterocycles. The highest BCUT2D eigenvalue weighted by Gasteiger charge is 2.27. The summed E-state index contributed by atoms with van der Waals surface area (Å²) >= 11 is 11.8. The van der Waals surface area contributed by atoms with Gasteiger partial charge in [0.15, 0.2) is 0 Å². The van der Waals surface area contributed by atoms with E-state index >= 15 is 0 Å². The lowest BCUT2D eigenvalue weighted by Crippen LogP contribution is -2.27. The number of nitrogens with one attached hydrogen (secondary N) is 1. The van der Waals surface area contributed by atoms with Gasteiger partial charge in [-0.2, -0.15) is 4.31 Å². The van der Waals surface area contributed by atoms with Crippen LogP contribution in [0.25, 0.3) is 0 Å². The number of benzene rings is 2. The van der Waals surface area contributed by atoms with Crippen molar-refractivity contribution in [3.8, 4) is 0 Å². The van der Waals surface area contributed by atoms with Gasteiger partial charge in [-0.15, -0.1) is 0 Å². The van der Waals surface area contributed by atoms with E-state index in [4.69, 9.17) is 23.2 Å². The van der Waals surface area contributed by atoms with Crippen molar-refractivity contribution >= 4 is 44.8 Å². The molecule has 0 aliphatic carbocycles. The van der Waals surface area contributed by atoms with Gasteiger partial charge in [0.25, 0.3) is 5.91 Å². The van der Waals surface area contributed by atoms with Gasteiger partial charge < -0.3 is 5.32 Å². The molecule has 1 saturated heterocycles. The fraction of sp³-hybridized carbons (Fsp3) is 0.235. The first-order chi connectivity index (χ1) is 11.9. The Bertz CT molecular complexity index is 893. The van der Waals surface area contributed by atoms with E-state index in [-0.39, 0.29) is 10.8 Å². The molecular weight excluding hydrogens is 383 g/mol. The highest BCUT2D eigenvalue weighted by Crippen LogP contribution is 2.25. The Morgan fingerprint density at radius 3 is 2.20 bits per heavy atom. The first kappa shape index (κ1) is 18.2. The molecule has 1 heterocycles. The molecule has 132 valence electrons. The van der Waals surface area contributed by atoms with E-state index in [1.807, 2.05) is 0 Å². The third-order valence-corrected chi connectivity index (χ3v) is 6.65. The lowest BCUT2D eigenvalue weighted by atomic mass is 10.2. The molecule has 0 radical (unpaired) electrons. The van der Waals surface area contributed by atoms with E-state index in [1.54, 1.807) is 18.2 Å². The maximum Gasteiger partial charge on any atom is 0.255 e. The van der Waals surface area contributed by atoms with Gasteiger partial charge in [0.1, 0.15) is 0 Å². The Balaban J connectivity index is 1.75. The summed E-state index contributed by atoms with van der Waals surface area (Å²) in [6, 6.07) is 10.7. The molecule has 1 N–H and O–H groups in total. The first-order valence-electron chi connectivity index (χ1n) is 7.74. The second-order valence-electron chi connectivity index (χ2n) is 5.72. The average molecular weight is 399 g/mol. The minimum Gasteiger partial charge on any atom is -0.322 e. The highest BCUT2D eigenvalue weighted by molar-refractivity contribution is 7.89. The number of halogens is 2. The molecule has 8 heteroatoms. The predicted molar refractivity (Wildman–Crippen MR) is 98.9 cm³/mol. The van der Waals surface area contributed by atoms with E-state index in [0.29, 0.717) is 34.4 Å². The van der Waals surface area contributed by atoms with Crippen molar-refractivity contribution in [1.82, 2.24) is 4.31 Å². The summed E-state index contributed by atoms with van der Waals surface area (Å²) in [5.41, 5.74) is 0.861. The van der Waals surface area contributed by atoms with Crippen LogP contribution in [0.15, 0.2) is 47.4 Å². The van der Waals surface area contributed by atoms with Crippen LogP contribution < -0.4 is 5.32 Å². The topological polar surface area (TPSA) is 66.5 Å². The molecule has 5 nitrogen and oxygen atoms in total. The Morgan fingerprint density at radius 2 is 1.60 bits per heavy atom. The van der Waals surface area contributed by atoms with E-state index in [1.165, 1.54) is 28.6 Å². The smallest absolute Gasteiger partial charge is 0.255 e. The second-order valence-corrected chi connectivity index (χ2v) is 8.47. The molecule has 3 rings (SSSR count). The molecule has 2 aromatic carbocycles. The number of nitrogens with zero attached hydrogens (tertiary/aromatic N) is 1. The van der Waals surface area contributed by atoms with Crippen molar-refractivity contribution in [1.29, 1.82) is 0 Å². The molecule has 0 spiro atoms. The van der Waals surface area contributed by atoms with Crippen LogP contribution in [0, 0.1) is 0 Å². The maximum absolute atomic E-state index is 12.5.